The number of carbonyl (C=O) groups excluding carboxylic acids is 3. The van der Waals surface area contributed by atoms with E-state index in [1.54, 1.807) is 0 Å². The predicted molar refractivity (Wildman–Crippen MR) is 274 cm³/mol. The fourth-order valence-corrected chi connectivity index (χ4v) is 11.7. The Morgan fingerprint density at radius 1 is 0.371 bits per heavy atom. The van der Waals surface area contributed by atoms with Crippen LogP contribution in [0.4, 0.5) is 0 Å². The lowest BCUT2D eigenvalue weighted by molar-refractivity contribution is -0.384. The number of aliphatic hydroxyl groups excluding tert-OH is 17. The first-order valence-electron chi connectivity index (χ1n) is 28.0. The molecule has 0 spiro atoms. The third kappa shape index (κ3) is 16.8. The van der Waals surface area contributed by atoms with Gasteiger partial charge in [-0.3, -0.25) is 18.9 Å². The monoisotopic (exact) mass is 1320 g/mol. The minimum Gasteiger partial charge on any atom is -0.394 e. The van der Waals surface area contributed by atoms with Crippen LogP contribution in [0.2, 0.25) is 0 Å². The molecule has 89 heavy (non-hydrogen) atoms. The third-order valence-electron chi connectivity index (χ3n) is 15.9. The van der Waals surface area contributed by atoms with E-state index in [4.69, 9.17) is 61.6 Å². The van der Waals surface area contributed by atoms with Crippen LogP contribution in [0.25, 0.3) is 0 Å². The maximum atomic E-state index is 13.1. The van der Waals surface area contributed by atoms with Crippen molar-refractivity contribution in [3.8, 4) is 0 Å². The van der Waals surface area contributed by atoms with Gasteiger partial charge in [0, 0.05) is 20.8 Å². The fraction of sp³-hybridized carbons (Fsp3) is 0.938. The average molecular weight is 1320 g/mol. The number of carbonyl (C=O) groups is 3. The number of ether oxygens (including phenoxy) is 13. The first kappa shape index (κ1) is 73.5. The average Bonchev–Trinajstić information content (AvgIpc) is 0.973. The molecule has 0 aromatic carbocycles. The standard InChI is InChI=1S/C48H81N3O37S/c1-11-24(59)30(65)33(68)45(76-11)86-39-23(51-15(5)58)43(82-19(9-55)36(39)83-47-35(70)40(88-89(72,73)74)28(63)18(8-54)80-47)75-10-20-29(64)37(21(42(71)78-20)49-13(3)56)84-44-22(50-14(4)57)38(27(62)17(7-53)79-44)85-48-41(32(67)26(61)16(6-52)81-48)87-46-34(69)31(66)25(60)12(2)77-46/h11-12,16-48,52-55,59-71H,6-10H2,1-5H3,(H,49,56)(H,50,57)(H,51,58)(H,72,73,74)/t11-,12-,16+,17+,18+,19+,20+,21+,22+,23+,24+,25+,26-,27+,28-,29-,30+,31+,32-,33-,34-,35+,36+,37+,38+,39+,40-,41+,42+,43+,44-,45-,46-,47-,48-/m0/s1. The molecule has 35 atom stereocenters. The van der Waals surface area contributed by atoms with Gasteiger partial charge in [0.1, 0.15) is 159 Å². The second-order valence-electron chi connectivity index (χ2n) is 22.3. The second-order valence-corrected chi connectivity index (χ2v) is 23.3. The molecule has 7 rings (SSSR count). The van der Waals surface area contributed by atoms with Crippen molar-refractivity contribution in [3.63, 3.8) is 0 Å². The molecule has 7 heterocycles. The van der Waals surface area contributed by atoms with Crippen LogP contribution in [-0.2, 0) is 90.5 Å². The quantitative estimate of drug-likeness (QED) is 0.0448. The Bertz CT molecular complexity index is 2420. The molecule has 7 fully saturated rings. The van der Waals surface area contributed by atoms with Gasteiger partial charge in [-0.2, -0.15) is 8.42 Å². The van der Waals surface area contributed by atoms with Gasteiger partial charge < -0.3 is 164 Å². The van der Waals surface area contributed by atoms with Crippen molar-refractivity contribution in [2.24, 2.45) is 0 Å². The maximum absolute atomic E-state index is 13.1. The molecule has 0 aromatic heterocycles. The summed E-state index contributed by atoms with van der Waals surface area (Å²) in [5.41, 5.74) is 0. The maximum Gasteiger partial charge on any atom is 0.397 e. The Kier molecular flexibility index (Phi) is 25.7. The van der Waals surface area contributed by atoms with Crippen LogP contribution in [0.3, 0.4) is 0 Å². The predicted octanol–water partition coefficient (Wildman–Crippen LogP) is -14.0. The Labute approximate surface area is 505 Å². The minimum absolute atomic E-state index is 0.880. The summed E-state index contributed by atoms with van der Waals surface area (Å²) in [6, 6.07) is -5.54. The summed E-state index contributed by atoms with van der Waals surface area (Å²) in [6.07, 6.45) is -62.6. The number of nitrogens with one attached hydrogen (secondary N) is 3. The van der Waals surface area contributed by atoms with Gasteiger partial charge in [0.25, 0.3) is 0 Å². The van der Waals surface area contributed by atoms with E-state index in [0.29, 0.717) is 0 Å². The summed E-state index contributed by atoms with van der Waals surface area (Å²) in [5, 5.41) is 193. The number of hydrogen-bond acceptors (Lipinski definition) is 36. The number of hydrogen-bond donors (Lipinski definition) is 21. The van der Waals surface area contributed by atoms with Gasteiger partial charge in [0.15, 0.2) is 44.0 Å². The molecular weight excluding hydrogens is 1240 g/mol. The van der Waals surface area contributed by atoms with E-state index < -0.39 is 276 Å². The van der Waals surface area contributed by atoms with Crippen molar-refractivity contribution < 1.29 is 180 Å². The largest absolute Gasteiger partial charge is 0.397 e. The van der Waals surface area contributed by atoms with Crippen LogP contribution in [0.15, 0.2) is 0 Å². The topological polar surface area (TPSA) is 615 Å². The molecule has 41 heteroatoms. The molecule has 0 aliphatic carbocycles. The normalized spacial score (nSPS) is 48.3. The minimum atomic E-state index is -5.47. The third-order valence-corrected chi connectivity index (χ3v) is 16.3. The van der Waals surface area contributed by atoms with Crippen molar-refractivity contribution in [1.82, 2.24) is 16.0 Å². The van der Waals surface area contributed by atoms with E-state index >= 15 is 0 Å². The Hall–Kier alpha value is -2.92. The van der Waals surface area contributed by atoms with E-state index in [9.17, 15) is 114 Å². The van der Waals surface area contributed by atoms with Crippen LogP contribution >= 0.6 is 0 Å². The summed E-state index contributed by atoms with van der Waals surface area (Å²) in [5.74, 6) is -2.71. The van der Waals surface area contributed by atoms with Crippen LogP contribution < -0.4 is 16.0 Å². The zero-order chi connectivity index (χ0) is 66.0. The van der Waals surface area contributed by atoms with E-state index in [0.717, 1.165) is 20.8 Å². The summed E-state index contributed by atoms with van der Waals surface area (Å²) in [4.78, 5) is 38.9. The highest BCUT2D eigenvalue weighted by Gasteiger charge is 2.59. The molecule has 7 aliphatic heterocycles. The summed E-state index contributed by atoms with van der Waals surface area (Å²) < 4.78 is 114. The van der Waals surface area contributed by atoms with Gasteiger partial charge in [-0.1, -0.05) is 0 Å². The SMILES string of the molecule is CC(=O)N[C@@H]1[C@@H](O[C@@H]2O[C@H](CO)[C@@H](O)[C@H](O[C@@H]3O[C@H](CO)[C@H](O)[C@H](O)[C@H]3O[C@@H]3O[C@@H](C)[C@@H](O)[C@@H](O)[C@@H]3O)[C@H]2NC(C)=O)[C@@H](O)[C@@H](CO[C@@H]2O[C@H](CO)[C@@H](O[C@@H]3O[C@H](CO)[C@H](O)[C@H](OS(=O)(=O)O)[C@H]3O)[C@H](O[C@@H]3O[C@@H](C)[C@@H](O)[C@@H](O)[C@@H]3O)[C@H]2NC(C)=O)O[C@H]1O. The van der Waals surface area contributed by atoms with E-state index in [1.165, 1.54) is 13.8 Å². The molecule has 0 radical (unpaired) electrons. The van der Waals surface area contributed by atoms with E-state index in [-0.39, 0.29) is 0 Å². The Balaban J connectivity index is 1.20. The number of aliphatic hydroxyl groups is 17. The molecule has 0 bridgehead atoms. The van der Waals surface area contributed by atoms with Crippen molar-refractivity contribution in [2.45, 2.75) is 249 Å². The zero-order valence-electron chi connectivity index (χ0n) is 48.0. The summed E-state index contributed by atoms with van der Waals surface area (Å²) in [6.45, 7) is 0.143. The molecular formula is C48H81N3O37S. The van der Waals surface area contributed by atoms with Gasteiger partial charge in [0.05, 0.1) is 45.2 Å². The zero-order valence-corrected chi connectivity index (χ0v) is 48.8. The molecule has 0 saturated carbocycles. The number of amides is 3. The molecule has 0 aromatic rings. The van der Waals surface area contributed by atoms with Crippen molar-refractivity contribution in [2.75, 3.05) is 33.0 Å². The van der Waals surface area contributed by atoms with E-state index in [2.05, 4.69) is 20.1 Å². The van der Waals surface area contributed by atoms with Crippen molar-refractivity contribution in [1.29, 1.82) is 0 Å². The first-order chi connectivity index (χ1) is 41.7. The van der Waals surface area contributed by atoms with Crippen LogP contribution in [0, 0.1) is 0 Å². The fourth-order valence-electron chi connectivity index (χ4n) is 11.2. The lowest BCUT2D eigenvalue weighted by atomic mass is 9.93. The second kappa shape index (κ2) is 31.1. The highest BCUT2D eigenvalue weighted by atomic mass is 32.3. The molecule has 0 unspecified atom stereocenters. The van der Waals surface area contributed by atoms with Crippen LogP contribution in [-0.4, -0.2) is 365 Å². The van der Waals surface area contributed by atoms with Gasteiger partial charge in [-0.15, -0.1) is 0 Å². The lowest BCUT2D eigenvalue weighted by Crippen LogP contribution is -2.71. The van der Waals surface area contributed by atoms with E-state index in [1.807, 2.05) is 0 Å². The lowest BCUT2D eigenvalue weighted by Gasteiger charge is -2.51. The van der Waals surface area contributed by atoms with Crippen molar-refractivity contribution in [3.05, 3.63) is 0 Å². The smallest absolute Gasteiger partial charge is 0.394 e. The Morgan fingerprint density at radius 2 is 0.753 bits per heavy atom. The molecule has 3 amide bonds. The summed E-state index contributed by atoms with van der Waals surface area (Å²) >= 11 is 0. The van der Waals surface area contributed by atoms with Gasteiger partial charge in [-0.25, -0.2) is 4.18 Å². The molecule has 516 valence electrons. The summed E-state index contributed by atoms with van der Waals surface area (Å²) in [7, 11) is -5.47. The molecule has 21 N–H and O–H groups in total. The number of rotatable bonds is 22. The van der Waals surface area contributed by atoms with Gasteiger partial charge >= 0.3 is 10.4 Å². The molecule has 7 aliphatic rings. The first-order valence-corrected chi connectivity index (χ1v) is 29.3. The Morgan fingerprint density at radius 3 is 1.26 bits per heavy atom. The highest BCUT2D eigenvalue weighted by molar-refractivity contribution is 7.80. The van der Waals surface area contributed by atoms with Gasteiger partial charge in [-0.05, 0) is 13.8 Å². The van der Waals surface area contributed by atoms with Crippen molar-refractivity contribution >= 4 is 28.1 Å². The highest BCUT2D eigenvalue weighted by Crippen LogP contribution is 2.38. The van der Waals surface area contributed by atoms with Crippen LogP contribution in [0.1, 0.15) is 34.6 Å². The van der Waals surface area contributed by atoms with Crippen LogP contribution in [0.5, 0.6) is 0 Å². The van der Waals surface area contributed by atoms with Gasteiger partial charge in [0.2, 0.25) is 17.7 Å². The molecule has 7 saturated heterocycles. The molecule has 40 nitrogen and oxygen atoms in total.